The second-order valence-electron chi connectivity index (χ2n) is 16.1. The van der Waals surface area contributed by atoms with E-state index >= 15 is 0 Å². The maximum absolute atomic E-state index is 14.5. The fourth-order valence-electron chi connectivity index (χ4n) is 7.82. The monoisotopic (exact) mass is 929 g/mol. The van der Waals surface area contributed by atoms with Gasteiger partial charge in [0.15, 0.2) is 0 Å². The number of ether oxygens (including phenoxy) is 2. The van der Waals surface area contributed by atoms with E-state index in [9.17, 15) is 51.6 Å². The van der Waals surface area contributed by atoms with E-state index in [1.165, 1.54) is 48.5 Å². The maximum atomic E-state index is 14.5. The van der Waals surface area contributed by atoms with Crippen molar-refractivity contribution in [2.45, 2.75) is 102 Å². The number of nitrogens with zero attached hydrogens (tertiary/aromatic N) is 3. The SMILES string of the molecule is CC[C@H](C)[C@@H]1NC(=O)[C@@H]2CCCN2C(=O)[C@@H](NC(=O)[C@@H]2CCCN2C(=O)[C@@H](COC)NS(=O)(=O)O)COC(=O)/C(C)=C\C(C)=C/c2csc(n2)[C@H](Cc2ccc(O)cc2)NC(=O)C1=O. The third-order valence-corrected chi connectivity index (χ3v) is 12.8. The quantitative estimate of drug-likeness (QED) is 0.105. The number of Topliss-reactive ketones (excluding diaryl/α,β-unsaturated/α-hetero) is 1. The van der Waals surface area contributed by atoms with Crippen LogP contribution in [0.2, 0.25) is 0 Å². The smallest absolute Gasteiger partial charge is 0.334 e. The van der Waals surface area contributed by atoms with Crippen LogP contribution in [-0.4, -0.2) is 138 Å². The van der Waals surface area contributed by atoms with Gasteiger partial charge < -0.3 is 40.3 Å². The van der Waals surface area contributed by atoms with Crippen molar-refractivity contribution in [3.8, 4) is 5.75 Å². The van der Waals surface area contributed by atoms with Gasteiger partial charge in [-0.25, -0.2) is 9.78 Å². The summed E-state index contributed by atoms with van der Waals surface area (Å²) < 4.78 is 45.0. The summed E-state index contributed by atoms with van der Waals surface area (Å²) in [5, 5.41) is 20.2. The van der Waals surface area contributed by atoms with Crippen LogP contribution in [0.1, 0.15) is 82.1 Å². The van der Waals surface area contributed by atoms with Crippen LogP contribution in [0.3, 0.4) is 0 Å². The normalized spacial score (nSPS) is 25.7. The first-order valence-electron chi connectivity index (χ1n) is 20.9. The highest BCUT2D eigenvalue weighted by Crippen LogP contribution is 2.27. The molecule has 2 fully saturated rings. The molecule has 2 saturated heterocycles. The lowest BCUT2D eigenvalue weighted by Crippen LogP contribution is -2.60. The zero-order valence-electron chi connectivity index (χ0n) is 36.2. The number of amides is 5. The van der Waals surface area contributed by atoms with Crippen molar-refractivity contribution in [1.82, 2.24) is 35.5 Å². The number of thiazole rings is 1. The molecule has 2 aromatic rings. The molecule has 0 saturated carbocycles. The van der Waals surface area contributed by atoms with Crippen LogP contribution in [0.4, 0.5) is 0 Å². The molecule has 0 unspecified atom stereocenters. The van der Waals surface area contributed by atoms with Crippen LogP contribution in [0.5, 0.6) is 5.75 Å². The van der Waals surface area contributed by atoms with Gasteiger partial charge in [-0.3, -0.25) is 33.3 Å². The van der Waals surface area contributed by atoms with Crippen molar-refractivity contribution in [1.29, 1.82) is 0 Å². The summed E-state index contributed by atoms with van der Waals surface area (Å²) in [6.07, 6.45) is 4.76. The molecule has 348 valence electrons. The highest BCUT2D eigenvalue weighted by atomic mass is 32.2. The molecular formula is C42H55N7O13S2. The Hall–Kier alpha value is -5.55. The molecule has 4 heterocycles. The molecule has 3 aliphatic heterocycles. The van der Waals surface area contributed by atoms with Crippen molar-refractivity contribution in [3.63, 3.8) is 0 Å². The number of phenols is 1. The van der Waals surface area contributed by atoms with Gasteiger partial charge >= 0.3 is 16.3 Å². The third kappa shape index (κ3) is 12.8. The molecule has 64 heavy (non-hydrogen) atoms. The first-order valence-corrected chi connectivity index (χ1v) is 23.2. The highest BCUT2D eigenvalue weighted by molar-refractivity contribution is 7.83. The molecule has 7 atom stereocenters. The van der Waals surface area contributed by atoms with Crippen molar-refractivity contribution < 1.29 is 61.1 Å². The minimum atomic E-state index is -4.86. The van der Waals surface area contributed by atoms with E-state index in [2.05, 4.69) is 16.0 Å². The number of hydrogen-bond donors (Lipinski definition) is 6. The number of carbonyl (C=O) groups is 7. The van der Waals surface area contributed by atoms with Gasteiger partial charge in [-0.1, -0.05) is 32.4 Å². The number of carbonyl (C=O) groups excluding carboxylic acids is 7. The summed E-state index contributed by atoms with van der Waals surface area (Å²) in [7, 11) is -3.64. The number of nitrogens with one attached hydrogen (secondary N) is 4. The number of fused-ring (bicyclic) bond motifs is 3. The van der Waals surface area contributed by atoms with Crippen LogP contribution < -0.4 is 20.7 Å². The lowest BCUT2D eigenvalue weighted by atomic mass is 9.94. The second kappa shape index (κ2) is 21.9. The summed E-state index contributed by atoms with van der Waals surface area (Å²) in [6, 6.07) is -1.27. The molecule has 20 nitrogen and oxygen atoms in total. The summed E-state index contributed by atoms with van der Waals surface area (Å²) in [6.45, 7) is 5.62. The van der Waals surface area contributed by atoms with Crippen LogP contribution in [0, 0.1) is 5.92 Å². The van der Waals surface area contributed by atoms with E-state index in [-0.39, 0.29) is 43.7 Å². The fraction of sp³-hybridized carbons (Fsp3) is 0.524. The van der Waals surface area contributed by atoms with Gasteiger partial charge in [0.25, 0.3) is 5.91 Å². The Morgan fingerprint density at radius 3 is 2.42 bits per heavy atom. The number of phenolic OH excluding ortho intramolecular Hbond substituents is 1. The number of aromatic hydroxyl groups is 1. The van der Waals surface area contributed by atoms with Crippen molar-refractivity contribution in [2.75, 3.05) is 33.4 Å². The number of hydrogen-bond acceptors (Lipinski definition) is 14. The number of rotatable bonds is 11. The Morgan fingerprint density at radius 1 is 1.05 bits per heavy atom. The first-order chi connectivity index (χ1) is 30.3. The third-order valence-electron chi connectivity index (χ3n) is 11.3. The van der Waals surface area contributed by atoms with Gasteiger partial charge in [-0.15, -0.1) is 11.3 Å². The Labute approximate surface area is 375 Å². The topological polar surface area (TPSA) is 280 Å². The molecule has 1 aromatic heterocycles. The van der Waals surface area contributed by atoms with Gasteiger partial charge in [0.2, 0.25) is 29.4 Å². The fourth-order valence-corrected chi connectivity index (χ4v) is 9.17. The zero-order chi connectivity index (χ0) is 46.9. The number of ketones is 1. The Morgan fingerprint density at radius 2 is 1.75 bits per heavy atom. The Balaban J connectivity index is 1.48. The molecule has 0 aliphatic carbocycles. The van der Waals surface area contributed by atoms with Crippen LogP contribution in [0.15, 0.2) is 46.9 Å². The number of likely N-dealkylation sites (tertiary alicyclic amines) is 1. The van der Waals surface area contributed by atoms with Crippen LogP contribution >= 0.6 is 11.3 Å². The van der Waals surface area contributed by atoms with E-state index in [4.69, 9.17) is 14.5 Å². The highest BCUT2D eigenvalue weighted by Gasteiger charge is 2.43. The molecule has 1 aromatic carbocycles. The molecule has 5 rings (SSSR count). The molecule has 0 radical (unpaired) electrons. The van der Waals surface area contributed by atoms with Gasteiger partial charge in [-0.2, -0.15) is 13.1 Å². The van der Waals surface area contributed by atoms with Gasteiger partial charge in [-0.05, 0) is 87.3 Å². The van der Waals surface area contributed by atoms with Crippen LogP contribution in [-0.2, 0) is 59.8 Å². The predicted molar refractivity (Wildman–Crippen MR) is 231 cm³/mol. The average molecular weight is 930 g/mol. The minimum absolute atomic E-state index is 0.0263. The van der Waals surface area contributed by atoms with Gasteiger partial charge in [0.1, 0.15) is 41.5 Å². The number of esters is 1. The molecule has 22 heteroatoms. The average Bonchev–Trinajstić information content (AvgIpc) is 4.05. The van der Waals surface area contributed by atoms with Gasteiger partial charge in [0, 0.05) is 31.2 Å². The molecule has 0 spiro atoms. The lowest BCUT2D eigenvalue weighted by molar-refractivity contribution is -0.149. The number of methoxy groups -OCH3 is 1. The van der Waals surface area contributed by atoms with E-state index < -0.39 is 107 Å². The molecule has 2 bridgehead atoms. The van der Waals surface area contributed by atoms with E-state index in [0.717, 1.165) is 10.5 Å². The van der Waals surface area contributed by atoms with E-state index in [1.807, 2.05) is 0 Å². The van der Waals surface area contributed by atoms with Crippen LogP contribution in [0.25, 0.3) is 6.08 Å². The van der Waals surface area contributed by atoms with E-state index in [1.54, 1.807) is 49.1 Å². The summed E-state index contributed by atoms with van der Waals surface area (Å²) in [5.74, 6) is -6.43. The van der Waals surface area contributed by atoms with Crippen molar-refractivity contribution in [3.05, 3.63) is 63.1 Å². The number of benzene rings is 1. The standard InChI is InChI=1S/C42H55N7O13S2/c1-6-24(3)34-35(51)38(54)44-29(19-26-11-13-28(50)14-12-26)39-43-27(22-63-39)18-23(2)17-25(4)42(57)62-21-30(40(55)48-15-8-10-33(48)37(53)46-34)45-36(52)32-9-7-16-49(32)41(56)31(20-61-5)47-64(58,59)60/h11-14,17-18,22,24,29-34,47,50H,6-10,15-16,19-21H2,1-5H3,(H,44,54)(H,45,52)(H,46,53)(H,58,59,60)/b23-18-,25-17-/t24-,29-,30-,31+,32-,33-,34-/m0/s1. The van der Waals surface area contributed by atoms with Crippen molar-refractivity contribution >= 4 is 69.0 Å². The van der Waals surface area contributed by atoms with E-state index in [0.29, 0.717) is 35.5 Å². The number of cyclic esters (lactones) is 1. The lowest BCUT2D eigenvalue weighted by Gasteiger charge is -2.32. The molecule has 6 N–H and O–H groups in total. The second-order valence-corrected chi connectivity index (χ2v) is 18.2. The predicted octanol–water partition coefficient (Wildman–Crippen LogP) is 1.13. The maximum Gasteiger partial charge on any atom is 0.334 e. The Bertz CT molecular complexity index is 2260. The molecule has 3 aliphatic rings. The first kappa shape index (κ1) is 49.5. The zero-order valence-corrected chi connectivity index (χ0v) is 37.8. The summed E-state index contributed by atoms with van der Waals surface area (Å²) in [4.78, 5) is 104. The number of allylic oxidation sites excluding steroid dienone is 2. The molecule has 5 amide bonds. The molecular weight excluding hydrogens is 875 g/mol. The van der Waals surface area contributed by atoms with Crippen molar-refractivity contribution in [2.24, 2.45) is 5.92 Å². The largest absolute Gasteiger partial charge is 0.508 e. The summed E-state index contributed by atoms with van der Waals surface area (Å²) in [5.41, 5.74) is 1.92. The van der Waals surface area contributed by atoms with Gasteiger partial charge in [0.05, 0.1) is 24.4 Å². The number of aromatic nitrogens is 1. The Kier molecular flexibility index (Phi) is 16.9. The minimum Gasteiger partial charge on any atom is -0.508 e. The summed E-state index contributed by atoms with van der Waals surface area (Å²) >= 11 is 1.24.